The van der Waals surface area contributed by atoms with Crippen molar-refractivity contribution in [3.63, 3.8) is 0 Å². The van der Waals surface area contributed by atoms with Crippen LogP contribution in [0.15, 0.2) is 36.4 Å². The highest BCUT2D eigenvalue weighted by Gasteiger charge is 2.12. The second kappa shape index (κ2) is 4.96. The number of para-hydroxylation sites is 1. The molecule has 0 aliphatic carbocycles. The second-order valence-corrected chi connectivity index (χ2v) is 5.28. The van der Waals surface area contributed by atoms with Crippen molar-refractivity contribution in [3.8, 4) is 5.75 Å². The van der Waals surface area contributed by atoms with Gasteiger partial charge in [-0.1, -0.05) is 30.3 Å². The lowest BCUT2D eigenvalue weighted by molar-refractivity contribution is 0.469. The highest BCUT2D eigenvalue weighted by atomic mass is 16.3. The van der Waals surface area contributed by atoms with E-state index in [1.165, 1.54) is 28.8 Å². The SMILES string of the molecule is Cc1cc(Cc2ccccc2O)cc2c1NCCC2. The maximum Gasteiger partial charge on any atom is 0.119 e. The van der Waals surface area contributed by atoms with E-state index in [1.54, 1.807) is 6.07 Å². The molecule has 0 saturated heterocycles. The Hall–Kier alpha value is -1.96. The number of hydrogen-bond acceptors (Lipinski definition) is 2. The zero-order chi connectivity index (χ0) is 13.2. The molecule has 0 amide bonds. The van der Waals surface area contributed by atoms with Gasteiger partial charge in [0.25, 0.3) is 0 Å². The van der Waals surface area contributed by atoms with Crippen LogP contribution in [0.4, 0.5) is 5.69 Å². The van der Waals surface area contributed by atoms with Crippen molar-refractivity contribution in [2.45, 2.75) is 26.2 Å². The first-order valence-electron chi connectivity index (χ1n) is 6.87. The molecule has 2 aromatic rings. The van der Waals surface area contributed by atoms with E-state index in [9.17, 15) is 5.11 Å². The third kappa shape index (κ3) is 2.43. The molecule has 0 fully saturated rings. The van der Waals surface area contributed by atoms with Crippen molar-refractivity contribution in [2.24, 2.45) is 0 Å². The van der Waals surface area contributed by atoms with Gasteiger partial charge in [0.05, 0.1) is 0 Å². The minimum absolute atomic E-state index is 0.385. The molecule has 0 aromatic heterocycles. The van der Waals surface area contributed by atoms with E-state index in [0.29, 0.717) is 5.75 Å². The smallest absolute Gasteiger partial charge is 0.119 e. The highest BCUT2D eigenvalue weighted by molar-refractivity contribution is 5.60. The summed E-state index contributed by atoms with van der Waals surface area (Å²) in [5, 5.41) is 13.4. The number of rotatable bonds is 2. The number of aromatic hydroxyl groups is 1. The molecule has 2 heteroatoms. The van der Waals surface area contributed by atoms with Crippen LogP contribution in [0.2, 0.25) is 0 Å². The summed E-state index contributed by atoms with van der Waals surface area (Å²) < 4.78 is 0. The Kier molecular flexibility index (Phi) is 3.16. The third-order valence-corrected chi connectivity index (χ3v) is 3.79. The first-order chi connectivity index (χ1) is 9.24. The molecule has 0 spiro atoms. The lowest BCUT2D eigenvalue weighted by atomic mass is 9.94. The first kappa shape index (κ1) is 12.1. The molecule has 0 bridgehead atoms. The van der Waals surface area contributed by atoms with E-state index in [2.05, 4.69) is 24.4 Å². The lowest BCUT2D eigenvalue weighted by Crippen LogP contribution is -2.13. The zero-order valence-corrected chi connectivity index (χ0v) is 11.2. The van der Waals surface area contributed by atoms with Crippen molar-refractivity contribution in [1.82, 2.24) is 0 Å². The van der Waals surface area contributed by atoms with E-state index in [0.717, 1.165) is 24.9 Å². The Bertz CT molecular complexity index is 604. The van der Waals surface area contributed by atoms with Crippen LogP contribution in [-0.2, 0) is 12.8 Å². The van der Waals surface area contributed by atoms with Crippen LogP contribution in [0.25, 0.3) is 0 Å². The fourth-order valence-electron chi connectivity index (χ4n) is 2.87. The van der Waals surface area contributed by atoms with E-state index in [-0.39, 0.29) is 0 Å². The molecule has 98 valence electrons. The number of nitrogens with one attached hydrogen (secondary N) is 1. The highest BCUT2D eigenvalue weighted by Crippen LogP contribution is 2.29. The maximum atomic E-state index is 9.87. The van der Waals surface area contributed by atoms with Gasteiger partial charge in [-0.25, -0.2) is 0 Å². The van der Waals surface area contributed by atoms with Crippen molar-refractivity contribution in [1.29, 1.82) is 0 Å². The summed E-state index contributed by atoms with van der Waals surface area (Å²) in [5.74, 6) is 0.385. The first-order valence-corrected chi connectivity index (χ1v) is 6.87. The number of phenolic OH excluding ortho intramolecular Hbond substituents is 1. The molecule has 1 heterocycles. The van der Waals surface area contributed by atoms with E-state index in [1.807, 2.05) is 18.2 Å². The number of aryl methyl sites for hydroxylation is 2. The summed E-state index contributed by atoms with van der Waals surface area (Å²) in [7, 11) is 0. The van der Waals surface area contributed by atoms with Crippen LogP contribution in [0.3, 0.4) is 0 Å². The molecule has 1 aliphatic rings. The molecule has 0 saturated carbocycles. The number of fused-ring (bicyclic) bond motifs is 1. The third-order valence-electron chi connectivity index (χ3n) is 3.79. The summed E-state index contributed by atoms with van der Waals surface area (Å²) >= 11 is 0. The van der Waals surface area contributed by atoms with Crippen LogP contribution in [0, 0.1) is 6.92 Å². The summed E-state index contributed by atoms with van der Waals surface area (Å²) in [5.41, 5.74) is 6.30. The van der Waals surface area contributed by atoms with Gasteiger partial charge in [0.15, 0.2) is 0 Å². The van der Waals surface area contributed by atoms with Crippen LogP contribution in [0.5, 0.6) is 5.75 Å². The van der Waals surface area contributed by atoms with Crippen LogP contribution < -0.4 is 5.32 Å². The van der Waals surface area contributed by atoms with E-state index >= 15 is 0 Å². The van der Waals surface area contributed by atoms with Gasteiger partial charge in [0.2, 0.25) is 0 Å². The topological polar surface area (TPSA) is 32.3 Å². The molecule has 2 nitrogen and oxygen atoms in total. The monoisotopic (exact) mass is 253 g/mol. The van der Waals surface area contributed by atoms with E-state index < -0.39 is 0 Å². The van der Waals surface area contributed by atoms with Gasteiger partial charge in [0.1, 0.15) is 5.75 Å². The fraction of sp³-hybridized carbons (Fsp3) is 0.294. The van der Waals surface area contributed by atoms with Crippen LogP contribution >= 0.6 is 0 Å². The van der Waals surface area contributed by atoms with Gasteiger partial charge in [-0.3, -0.25) is 0 Å². The van der Waals surface area contributed by atoms with Crippen LogP contribution in [0.1, 0.15) is 28.7 Å². The standard InChI is InChI=1S/C17H19NO/c1-12-9-13(10-14-5-2-3-7-16(14)19)11-15-6-4-8-18-17(12)15/h2-3,5,7,9,11,18-19H,4,6,8,10H2,1H3. The predicted molar refractivity (Wildman–Crippen MR) is 78.9 cm³/mol. The van der Waals surface area contributed by atoms with Gasteiger partial charge in [0, 0.05) is 18.7 Å². The van der Waals surface area contributed by atoms with Gasteiger partial charge in [-0.2, -0.15) is 0 Å². The fourth-order valence-corrected chi connectivity index (χ4v) is 2.87. The number of phenols is 1. The van der Waals surface area contributed by atoms with Crippen molar-refractivity contribution >= 4 is 5.69 Å². The zero-order valence-electron chi connectivity index (χ0n) is 11.2. The summed E-state index contributed by atoms with van der Waals surface area (Å²) in [6, 6.07) is 12.1. The summed E-state index contributed by atoms with van der Waals surface area (Å²) in [6.07, 6.45) is 3.14. The molecule has 0 atom stereocenters. The van der Waals surface area contributed by atoms with Gasteiger partial charge >= 0.3 is 0 Å². The molecular weight excluding hydrogens is 234 g/mol. The number of benzene rings is 2. The summed E-state index contributed by atoms with van der Waals surface area (Å²) in [4.78, 5) is 0. The normalized spacial score (nSPS) is 13.7. The minimum atomic E-state index is 0.385. The molecule has 2 N–H and O–H groups in total. The number of anilines is 1. The maximum absolute atomic E-state index is 9.87. The average molecular weight is 253 g/mol. The van der Waals surface area contributed by atoms with Gasteiger partial charge < -0.3 is 10.4 Å². The molecule has 0 radical (unpaired) electrons. The van der Waals surface area contributed by atoms with Crippen molar-refractivity contribution in [2.75, 3.05) is 11.9 Å². The second-order valence-electron chi connectivity index (χ2n) is 5.28. The molecule has 19 heavy (non-hydrogen) atoms. The molecule has 1 aliphatic heterocycles. The quantitative estimate of drug-likeness (QED) is 0.856. The van der Waals surface area contributed by atoms with Crippen molar-refractivity contribution < 1.29 is 5.11 Å². The Balaban J connectivity index is 1.94. The Morgan fingerprint density at radius 1 is 1.21 bits per heavy atom. The predicted octanol–water partition coefficient (Wildman–Crippen LogP) is 3.65. The Morgan fingerprint density at radius 2 is 2.05 bits per heavy atom. The molecular formula is C17H19NO. The van der Waals surface area contributed by atoms with E-state index in [4.69, 9.17) is 0 Å². The van der Waals surface area contributed by atoms with Crippen molar-refractivity contribution in [3.05, 3.63) is 58.7 Å². The van der Waals surface area contributed by atoms with Crippen LogP contribution in [-0.4, -0.2) is 11.7 Å². The molecule has 0 unspecified atom stereocenters. The Morgan fingerprint density at radius 3 is 2.89 bits per heavy atom. The summed E-state index contributed by atoms with van der Waals surface area (Å²) in [6.45, 7) is 3.23. The molecule has 3 rings (SSSR count). The largest absolute Gasteiger partial charge is 0.508 e. The van der Waals surface area contributed by atoms with Gasteiger partial charge in [-0.15, -0.1) is 0 Å². The number of hydrogen-bond donors (Lipinski definition) is 2. The Labute approximate surface area is 114 Å². The van der Waals surface area contributed by atoms with Gasteiger partial charge in [-0.05, 0) is 48.1 Å². The average Bonchev–Trinajstić information content (AvgIpc) is 2.42. The lowest BCUT2D eigenvalue weighted by Gasteiger charge is -2.21. The molecule has 2 aromatic carbocycles. The minimum Gasteiger partial charge on any atom is -0.508 e.